The summed E-state index contributed by atoms with van der Waals surface area (Å²) >= 11 is 0. The van der Waals surface area contributed by atoms with Crippen molar-refractivity contribution < 1.29 is 36.1 Å². The maximum Gasteiger partial charge on any atom is 0.0609 e. The summed E-state index contributed by atoms with van der Waals surface area (Å²) in [5.41, 5.74) is 2.14. The number of hydrogen-bond acceptors (Lipinski definition) is 2. The molecule has 0 fully saturated rings. The summed E-state index contributed by atoms with van der Waals surface area (Å²) in [5.74, 6) is 0. The van der Waals surface area contributed by atoms with Crippen molar-refractivity contribution in [1.29, 1.82) is 0 Å². The minimum atomic E-state index is 0. The second-order valence-electron chi connectivity index (χ2n) is 3.91. The fourth-order valence-corrected chi connectivity index (χ4v) is 0.956. The first-order valence-corrected chi connectivity index (χ1v) is 6.79. The molecule has 0 spiro atoms. The molecule has 2 aromatic carbocycles. The van der Waals surface area contributed by atoms with Gasteiger partial charge < -0.3 is 10.2 Å². The zero-order valence-electron chi connectivity index (χ0n) is 13.6. The fourth-order valence-electron chi connectivity index (χ4n) is 0.956. The maximum atomic E-state index is 7.76. The van der Waals surface area contributed by atoms with Crippen LogP contribution in [0.3, 0.4) is 0 Å². The van der Waals surface area contributed by atoms with Gasteiger partial charge in [0.25, 0.3) is 0 Å². The fraction of sp³-hybridized carbons (Fsp3) is 0.100. The van der Waals surface area contributed by atoms with Crippen LogP contribution in [0, 0.1) is 13.8 Å². The predicted molar refractivity (Wildman–Crippen MR) is 96.4 cm³/mol. The SMILES string of the molecule is C=CCO.C=CCO.[CH2-]c1ccccc1.[CH2-]c1ccccc1.[Hf]. The van der Waals surface area contributed by atoms with E-state index in [9.17, 15) is 0 Å². The standard InChI is InChI=1S/2C7H7.2C3H6O.Hf/c2*1-7-5-3-2-4-6-7;2*1-2-3-4;/h2*2-6H,1H2;2*2,4H,1,3H2;/q2*-1;;;. The summed E-state index contributed by atoms with van der Waals surface area (Å²) < 4.78 is 0. The third-order valence-corrected chi connectivity index (χ3v) is 1.94. The van der Waals surface area contributed by atoms with E-state index in [1.165, 1.54) is 12.2 Å². The molecule has 0 bridgehead atoms. The molecule has 0 radical (unpaired) electrons. The number of hydrogen-bond donors (Lipinski definition) is 2. The van der Waals surface area contributed by atoms with Crippen molar-refractivity contribution in [2.45, 2.75) is 0 Å². The first-order chi connectivity index (χ1) is 10.6. The summed E-state index contributed by atoms with van der Waals surface area (Å²) in [4.78, 5) is 0. The quantitative estimate of drug-likeness (QED) is 0.390. The summed E-state index contributed by atoms with van der Waals surface area (Å²) in [5, 5.41) is 15.5. The molecule has 3 heteroatoms. The molecule has 0 aliphatic rings. The summed E-state index contributed by atoms with van der Waals surface area (Å²) in [6.45, 7) is 14.1. The molecule has 2 nitrogen and oxygen atoms in total. The molecule has 0 saturated heterocycles. The largest absolute Gasteiger partial charge is 0.392 e. The Bertz CT molecular complexity index is 410. The molecule has 0 aliphatic heterocycles. The first-order valence-electron chi connectivity index (χ1n) is 6.79. The minimum Gasteiger partial charge on any atom is -0.392 e. The van der Waals surface area contributed by atoms with Gasteiger partial charge in [-0.2, -0.15) is 49.2 Å². The van der Waals surface area contributed by atoms with Crippen LogP contribution >= 0.6 is 0 Å². The molecule has 0 aromatic heterocycles. The molecule has 0 heterocycles. The van der Waals surface area contributed by atoms with Crippen molar-refractivity contribution in [3.05, 3.63) is 111 Å². The minimum absolute atomic E-state index is 0. The van der Waals surface area contributed by atoms with Crippen LogP contribution in [0.5, 0.6) is 0 Å². The molecular weight excluding hydrogens is 451 g/mol. The Balaban J connectivity index is -0.000000238. The number of aliphatic hydroxyl groups excluding tert-OH is 2. The van der Waals surface area contributed by atoms with Crippen LogP contribution in [0.2, 0.25) is 0 Å². The molecule has 2 aromatic rings. The Kier molecular flexibility index (Phi) is 26.0. The van der Waals surface area contributed by atoms with Gasteiger partial charge in [0.1, 0.15) is 0 Å². The van der Waals surface area contributed by atoms with E-state index in [1.54, 1.807) is 0 Å². The van der Waals surface area contributed by atoms with Crippen LogP contribution in [-0.2, 0) is 25.8 Å². The van der Waals surface area contributed by atoms with Crippen molar-refractivity contribution in [1.82, 2.24) is 0 Å². The number of benzene rings is 2. The van der Waals surface area contributed by atoms with Crippen molar-refractivity contribution in [3.63, 3.8) is 0 Å². The van der Waals surface area contributed by atoms with Gasteiger partial charge >= 0.3 is 0 Å². The Hall–Kier alpha value is -1.55. The van der Waals surface area contributed by atoms with Crippen LogP contribution in [0.1, 0.15) is 11.1 Å². The Labute approximate surface area is 160 Å². The predicted octanol–water partition coefficient (Wildman–Crippen LogP) is 4.06. The number of rotatable bonds is 2. The van der Waals surface area contributed by atoms with Gasteiger partial charge in [0.15, 0.2) is 0 Å². The Morgan fingerprint density at radius 2 is 0.913 bits per heavy atom. The van der Waals surface area contributed by atoms with Gasteiger partial charge in [-0.15, -0.1) is 37.4 Å². The van der Waals surface area contributed by atoms with E-state index in [0.717, 1.165) is 11.1 Å². The zero-order valence-corrected chi connectivity index (χ0v) is 17.2. The molecule has 0 aliphatic carbocycles. The Morgan fingerprint density at radius 3 is 1.00 bits per heavy atom. The van der Waals surface area contributed by atoms with Crippen LogP contribution in [-0.4, -0.2) is 23.4 Å². The molecule has 124 valence electrons. The van der Waals surface area contributed by atoms with Gasteiger partial charge in [-0.3, -0.25) is 0 Å². The van der Waals surface area contributed by atoms with Crippen LogP contribution < -0.4 is 0 Å². The molecule has 0 atom stereocenters. The van der Waals surface area contributed by atoms with E-state index in [2.05, 4.69) is 27.0 Å². The van der Waals surface area contributed by atoms with Gasteiger partial charge in [-0.05, 0) is 0 Å². The monoisotopic (exact) mass is 478 g/mol. The van der Waals surface area contributed by atoms with E-state index in [0.29, 0.717) is 0 Å². The summed E-state index contributed by atoms with van der Waals surface area (Å²) in [6, 6.07) is 19.7. The van der Waals surface area contributed by atoms with Crippen molar-refractivity contribution >= 4 is 0 Å². The maximum absolute atomic E-state index is 7.76. The third kappa shape index (κ3) is 25.7. The van der Waals surface area contributed by atoms with Gasteiger partial charge in [0, 0.05) is 25.8 Å². The summed E-state index contributed by atoms with van der Waals surface area (Å²) in [7, 11) is 0. The average molecular weight is 477 g/mol. The van der Waals surface area contributed by atoms with E-state index in [-0.39, 0.29) is 39.1 Å². The van der Waals surface area contributed by atoms with Gasteiger partial charge in [0.2, 0.25) is 0 Å². The number of aliphatic hydroxyl groups is 2. The van der Waals surface area contributed by atoms with Gasteiger partial charge in [0.05, 0.1) is 13.2 Å². The molecular formula is C20H26HfO2-2. The van der Waals surface area contributed by atoms with Crippen molar-refractivity contribution in [2.75, 3.05) is 13.2 Å². The van der Waals surface area contributed by atoms with Crippen molar-refractivity contribution in [3.8, 4) is 0 Å². The van der Waals surface area contributed by atoms with Gasteiger partial charge in [-0.1, -0.05) is 24.3 Å². The second-order valence-corrected chi connectivity index (χ2v) is 3.91. The molecule has 2 rings (SSSR count). The first kappa shape index (κ1) is 26.4. The molecule has 0 unspecified atom stereocenters. The molecule has 0 saturated carbocycles. The van der Waals surface area contributed by atoms with Crippen molar-refractivity contribution in [2.24, 2.45) is 0 Å². The smallest absolute Gasteiger partial charge is 0.0609 e. The van der Waals surface area contributed by atoms with E-state index >= 15 is 0 Å². The molecule has 2 N–H and O–H groups in total. The van der Waals surface area contributed by atoms with Crippen LogP contribution in [0.4, 0.5) is 0 Å². The third-order valence-electron chi connectivity index (χ3n) is 1.94. The molecule has 0 amide bonds. The van der Waals surface area contributed by atoms with E-state index in [4.69, 9.17) is 10.2 Å². The topological polar surface area (TPSA) is 40.5 Å². The van der Waals surface area contributed by atoms with Crippen LogP contribution in [0.15, 0.2) is 86.0 Å². The normalized spacial score (nSPS) is 7.39. The van der Waals surface area contributed by atoms with E-state index < -0.39 is 0 Å². The zero-order chi connectivity index (χ0) is 17.1. The van der Waals surface area contributed by atoms with Crippen LogP contribution in [0.25, 0.3) is 0 Å². The molecule has 23 heavy (non-hydrogen) atoms. The Morgan fingerprint density at radius 1 is 0.696 bits per heavy atom. The second kappa shape index (κ2) is 22.7. The summed E-state index contributed by atoms with van der Waals surface area (Å²) in [6.07, 6.45) is 2.86. The average Bonchev–Trinajstić information content (AvgIpc) is 2.57. The van der Waals surface area contributed by atoms with Gasteiger partial charge in [-0.25, -0.2) is 0 Å². The van der Waals surface area contributed by atoms with E-state index in [1.807, 2.05) is 60.7 Å².